The molecule has 8 heteroatoms. The lowest BCUT2D eigenvalue weighted by Gasteiger charge is -2.24. The number of primary sulfonamides is 1. The highest BCUT2D eigenvalue weighted by atomic mass is 79.9. The van der Waals surface area contributed by atoms with E-state index in [-0.39, 0.29) is 16.8 Å². The van der Waals surface area contributed by atoms with Crippen molar-refractivity contribution in [1.29, 1.82) is 0 Å². The molecule has 0 saturated heterocycles. The van der Waals surface area contributed by atoms with Crippen LogP contribution in [0.25, 0.3) is 0 Å². The van der Waals surface area contributed by atoms with Gasteiger partial charge >= 0.3 is 0 Å². The standard InChI is InChI=1S/C21H17BrFN3O2S/c22-16-6-4-14(5-7-16)20-13-21(15-2-1-3-17(23)12-15)26(25-20)18-8-10-19(11-9-18)29(24,27)28/h1-12,21H,13H2,(H2,24,27,28)/t21-/m0/s1. The van der Waals surface area contributed by atoms with Crippen molar-refractivity contribution in [2.24, 2.45) is 10.2 Å². The van der Waals surface area contributed by atoms with Gasteiger partial charge in [0.2, 0.25) is 10.0 Å². The molecule has 1 heterocycles. The van der Waals surface area contributed by atoms with Gasteiger partial charge in [0.15, 0.2) is 0 Å². The lowest BCUT2D eigenvalue weighted by atomic mass is 9.98. The number of anilines is 1. The van der Waals surface area contributed by atoms with Crippen molar-refractivity contribution in [3.8, 4) is 0 Å². The smallest absolute Gasteiger partial charge is 0.238 e. The zero-order chi connectivity index (χ0) is 20.6. The Hall–Kier alpha value is -2.55. The van der Waals surface area contributed by atoms with Gasteiger partial charge in [-0.25, -0.2) is 17.9 Å². The number of sulfonamides is 1. The van der Waals surface area contributed by atoms with Gasteiger partial charge < -0.3 is 0 Å². The summed E-state index contributed by atoms with van der Waals surface area (Å²) in [5.74, 6) is -0.316. The maximum absolute atomic E-state index is 13.9. The second-order valence-corrected chi connectivity index (χ2v) is 9.19. The van der Waals surface area contributed by atoms with Gasteiger partial charge in [-0.1, -0.05) is 40.2 Å². The summed E-state index contributed by atoms with van der Waals surface area (Å²) < 4.78 is 37.9. The van der Waals surface area contributed by atoms with Crippen LogP contribution in [0.15, 0.2) is 87.3 Å². The van der Waals surface area contributed by atoms with Crippen LogP contribution in [-0.4, -0.2) is 14.1 Å². The fourth-order valence-corrected chi connectivity index (χ4v) is 4.11. The Kier molecular flexibility index (Phi) is 5.24. The summed E-state index contributed by atoms with van der Waals surface area (Å²) in [7, 11) is -3.78. The van der Waals surface area contributed by atoms with E-state index in [1.807, 2.05) is 30.3 Å². The van der Waals surface area contributed by atoms with Crippen LogP contribution >= 0.6 is 15.9 Å². The predicted molar refractivity (Wildman–Crippen MR) is 115 cm³/mol. The molecule has 0 fully saturated rings. The van der Waals surface area contributed by atoms with Crippen LogP contribution in [0.3, 0.4) is 0 Å². The van der Waals surface area contributed by atoms with E-state index >= 15 is 0 Å². The van der Waals surface area contributed by atoms with Gasteiger partial charge in [0.05, 0.1) is 22.3 Å². The SMILES string of the molecule is NS(=O)(=O)c1ccc(N2N=C(c3ccc(Br)cc3)C[C@H]2c2cccc(F)c2)cc1. The molecule has 29 heavy (non-hydrogen) atoms. The van der Waals surface area contributed by atoms with Crippen molar-refractivity contribution in [1.82, 2.24) is 0 Å². The van der Waals surface area contributed by atoms with E-state index in [2.05, 4.69) is 15.9 Å². The molecule has 3 aromatic carbocycles. The first-order valence-electron chi connectivity index (χ1n) is 8.82. The highest BCUT2D eigenvalue weighted by molar-refractivity contribution is 9.10. The summed E-state index contributed by atoms with van der Waals surface area (Å²) in [4.78, 5) is 0.0277. The third kappa shape index (κ3) is 4.24. The first-order chi connectivity index (χ1) is 13.8. The Bertz CT molecular complexity index is 1180. The maximum atomic E-state index is 13.9. The fourth-order valence-electron chi connectivity index (χ4n) is 3.33. The quantitative estimate of drug-likeness (QED) is 0.601. The molecule has 0 unspecified atom stereocenters. The zero-order valence-electron chi connectivity index (χ0n) is 15.2. The number of rotatable bonds is 4. The van der Waals surface area contributed by atoms with Gasteiger partial charge in [-0.2, -0.15) is 5.10 Å². The van der Waals surface area contributed by atoms with E-state index in [9.17, 15) is 12.8 Å². The van der Waals surface area contributed by atoms with Crippen LogP contribution in [0.2, 0.25) is 0 Å². The molecular formula is C21H17BrFN3O2S. The van der Waals surface area contributed by atoms with Gasteiger partial charge in [0.25, 0.3) is 0 Å². The number of hydrazone groups is 1. The molecule has 0 saturated carbocycles. The van der Waals surface area contributed by atoms with Gasteiger partial charge in [0.1, 0.15) is 5.82 Å². The van der Waals surface area contributed by atoms with Crippen LogP contribution in [0.4, 0.5) is 10.1 Å². The summed E-state index contributed by atoms with van der Waals surface area (Å²) >= 11 is 3.43. The molecule has 0 aromatic heterocycles. The normalized spacial score (nSPS) is 16.7. The second-order valence-electron chi connectivity index (χ2n) is 6.71. The Morgan fingerprint density at radius 1 is 1.03 bits per heavy atom. The van der Waals surface area contributed by atoms with Crippen LogP contribution in [-0.2, 0) is 10.0 Å². The van der Waals surface area contributed by atoms with Crippen molar-refractivity contribution < 1.29 is 12.8 Å². The van der Waals surface area contributed by atoms with Gasteiger partial charge in [0, 0.05) is 10.9 Å². The first-order valence-corrected chi connectivity index (χ1v) is 11.2. The Balaban J connectivity index is 1.75. The first kappa shape index (κ1) is 19.8. The average Bonchev–Trinajstić information content (AvgIpc) is 3.13. The highest BCUT2D eigenvalue weighted by Crippen LogP contribution is 2.37. The molecule has 1 atom stereocenters. The summed E-state index contributed by atoms with van der Waals surface area (Å²) in [6.45, 7) is 0. The second kappa shape index (κ2) is 7.70. The molecule has 0 spiro atoms. The van der Waals surface area contributed by atoms with Crippen molar-refractivity contribution in [3.63, 3.8) is 0 Å². The summed E-state index contributed by atoms with van der Waals surface area (Å²) in [6, 6.07) is 20.2. The van der Waals surface area contributed by atoms with E-state index in [1.54, 1.807) is 23.2 Å². The molecule has 2 N–H and O–H groups in total. The lowest BCUT2D eigenvalue weighted by molar-refractivity contribution is 0.597. The molecular weight excluding hydrogens is 457 g/mol. The van der Waals surface area contributed by atoms with E-state index < -0.39 is 10.0 Å². The molecule has 148 valence electrons. The Morgan fingerprint density at radius 3 is 2.34 bits per heavy atom. The van der Waals surface area contributed by atoms with Crippen molar-refractivity contribution >= 4 is 37.4 Å². The minimum absolute atomic E-state index is 0.0277. The molecule has 0 bridgehead atoms. The largest absolute Gasteiger partial charge is 0.257 e. The van der Waals surface area contributed by atoms with Crippen molar-refractivity contribution in [2.45, 2.75) is 17.4 Å². The molecule has 1 aliphatic heterocycles. The minimum atomic E-state index is -3.78. The molecule has 0 radical (unpaired) electrons. The van der Waals surface area contributed by atoms with Crippen molar-refractivity contribution in [2.75, 3.05) is 5.01 Å². The molecule has 4 rings (SSSR count). The van der Waals surface area contributed by atoms with Crippen molar-refractivity contribution in [3.05, 3.63) is 94.2 Å². The van der Waals surface area contributed by atoms with E-state index in [1.165, 1.54) is 24.3 Å². The third-order valence-electron chi connectivity index (χ3n) is 4.75. The molecule has 0 aliphatic carbocycles. The van der Waals surface area contributed by atoms with Gasteiger partial charge in [-0.05, 0) is 59.7 Å². The number of hydrogen-bond acceptors (Lipinski definition) is 4. The summed E-state index contributed by atoms with van der Waals surface area (Å²) in [5.41, 5.74) is 3.32. The van der Waals surface area contributed by atoms with Gasteiger partial charge in [-0.15, -0.1) is 0 Å². The maximum Gasteiger partial charge on any atom is 0.238 e. The van der Waals surface area contributed by atoms with Gasteiger partial charge in [-0.3, -0.25) is 5.01 Å². The molecule has 0 amide bonds. The minimum Gasteiger partial charge on any atom is -0.257 e. The number of nitrogens with zero attached hydrogens (tertiary/aromatic N) is 2. The van der Waals surface area contributed by atoms with E-state index in [4.69, 9.17) is 10.2 Å². The fraction of sp³-hybridized carbons (Fsp3) is 0.0952. The average molecular weight is 474 g/mol. The topological polar surface area (TPSA) is 75.8 Å². The monoisotopic (exact) mass is 473 g/mol. The zero-order valence-corrected chi connectivity index (χ0v) is 17.6. The van der Waals surface area contributed by atoms with Crippen LogP contribution in [0.1, 0.15) is 23.6 Å². The number of nitrogens with two attached hydrogens (primary N) is 1. The predicted octanol–water partition coefficient (Wildman–Crippen LogP) is 4.59. The Morgan fingerprint density at radius 2 is 1.72 bits per heavy atom. The number of benzene rings is 3. The third-order valence-corrected chi connectivity index (χ3v) is 6.21. The van der Waals surface area contributed by atoms with Crippen LogP contribution in [0.5, 0.6) is 0 Å². The molecule has 5 nitrogen and oxygen atoms in total. The molecule has 3 aromatic rings. The number of hydrogen-bond donors (Lipinski definition) is 1. The lowest BCUT2D eigenvalue weighted by Crippen LogP contribution is -2.19. The number of halogens is 2. The molecule has 1 aliphatic rings. The summed E-state index contributed by atoms with van der Waals surface area (Å²) in [5, 5.41) is 11.8. The summed E-state index contributed by atoms with van der Waals surface area (Å²) in [6.07, 6.45) is 0.585. The van der Waals surface area contributed by atoms with E-state index in [0.29, 0.717) is 12.1 Å². The Labute approximate surface area is 176 Å². The van der Waals surface area contributed by atoms with Crippen LogP contribution < -0.4 is 10.1 Å². The van der Waals surface area contributed by atoms with Crippen LogP contribution in [0, 0.1) is 5.82 Å². The van der Waals surface area contributed by atoms with E-state index in [0.717, 1.165) is 21.3 Å². The highest BCUT2D eigenvalue weighted by Gasteiger charge is 2.30.